The molecular formula is C21H23FN2O3. The lowest BCUT2D eigenvalue weighted by atomic mass is 10.1. The molecule has 1 fully saturated rings. The first-order valence-corrected chi connectivity index (χ1v) is 8.95. The Balaban J connectivity index is 1.57. The minimum atomic E-state index is -0.475. The zero-order valence-corrected chi connectivity index (χ0v) is 15.5. The van der Waals surface area contributed by atoms with Crippen molar-refractivity contribution in [3.05, 3.63) is 59.4 Å². The van der Waals surface area contributed by atoms with E-state index in [9.17, 15) is 14.0 Å². The third-order valence-electron chi connectivity index (χ3n) is 4.77. The van der Waals surface area contributed by atoms with E-state index < -0.39 is 11.7 Å². The fourth-order valence-electron chi connectivity index (χ4n) is 3.35. The van der Waals surface area contributed by atoms with Gasteiger partial charge in [-0.3, -0.25) is 9.59 Å². The first kappa shape index (κ1) is 18.9. The first-order valence-electron chi connectivity index (χ1n) is 8.95. The lowest BCUT2D eigenvalue weighted by molar-refractivity contribution is -0.126. The number of aryl methyl sites for hydroxylation is 1. The Morgan fingerprint density at radius 2 is 2.07 bits per heavy atom. The summed E-state index contributed by atoms with van der Waals surface area (Å²) < 4.78 is 19.3. The zero-order valence-electron chi connectivity index (χ0n) is 15.5. The molecule has 2 aromatic carbocycles. The molecule has 1 heterocycles. The van der Waals surface area contributed by atoms with Crippen LogP contribution in [0.5, 0.6) is 5.75 Å². The zero-order chi connectivity index (χ0) is 19.4. The van der Waals surface area contributed by atoms with Crippen molar-refractivity contribution in [2.24, 2.45) is 5.92 Å². The van der Waals surface area contributed by atoms with Gasteiger partial charge in [-0.25, -0.2) is 4.39 Å². The van der Waals surface area contributed by atoms with Crippen molar-refractivity contribution in [1.82, 2.24) is 5.32 Å². The highest BCUT2D eigenvalue weighted by Gasteiger charge is 2.35. The lowest BCUT2D eigenvalue weighted by Gasteiger charge is -2.17. The van der Waals surface area contributed by atoms with Crippen LogP contribution in [0.2, 0.25) is 0 Å². The summed E-state index contributed by atoms with van der Waals surface area (Å²) in [7, 11) is 1.62. The van der Waals surface area contributed by atoms with Gasteiger partial charge in [0.05, 0.1) is 18.7 Å². The smallest absolute Gasteiger partial charge is 0.227 e. The summed E-state index contributed by atoms with van der Waals surface area (Å²) in [4.78, 5) is 26.0. The van der Waals surface area contributed by atoms with E-state index in [1.807, 2.05) is 25.1 Å². The van der Waals surface area contributed by atoms with Crippen LogP contribution in [0, 0.1) is 18.7 Å². The number of amides is 2. The summed E-state index contributed by atoms with van der Waals surface area (Å²) in [5.41, 5.74) is 2.37. The molecule has 27 heavy (non-hydrogen) atoms. The second kappa shape index (κ2) is 8.20. The molecule has 0 bridgehead atoms. The van der Waals surface area contributed by atoms with Gasteiger partial charge in [0.25, 0.3) is 0 Å². The summed E-state index contributed by atoms with van der Waals surface area (Å²) >= 11 is 0. The number of para-hydroxylation sites is 1. The number of methoxy groups -OCH3 is 1. The van der Waals surface area contributed by atoms with Crippen molar-refractivity contribution in [2.45, 2.75) is 19.8 Å². The van der Waals surface area contributed by atoms with Crippen molar-refractivity contribution in [3.63, 3.8) is 0 Å². The number of nitrogens with one attached hydrogen (secondary N) is 1. The summed E-state index contributed by atoms with van der Waals surface area (Å²) in [5.74, 6) is -0.569. The molecule has 0 aliphatic carbocycles. The molecular weight excluding hydrogens is 347 g/mol. The third kappa shape index (κ3) is 4.27. The van der Waals surface area contributed by atoms with E-state index in [0.29, 0.717) is 13.0 Å². The number of carbonyl (C=O) groups is 2. The minimum absolute atomic E-state index is 0.0912. The van der Waals surface area contributed by atoms with Gasteiger partial charge in [-0.05, 0) is 37.1 Å². The highest BCUT2D eigenvalue weighted by molar-refractivity contribution is 6.00. The van der Waals surface area contributed by atoms with E-state index >= 15 is 0 Å². The predicted octanol–water partition coefficient (Wildman–Crippen LogP) is 2.85. The Kier molecular flexibility index (Phi) is 5.74. The second-order valence-corrected chi connectivity index (χ2v) is 6.71. The van der Waals surface area contributed by atoms with Gasteiger partial charge in [0, 0.05) is 19.5 Å². The summed E-state index contributed by atoms with van der Waals surface area (Å²) in [6.07, 6.45) is 0.724. The normalized spacial score (nSPS) is 16.5. The van der Waals surface area contributed by atoms with Gasteiger partial charge < -0.3 is 15.0 Å². The third-order valence-corrected chi connectivity index (χ3v) is 4.77. The molecule has 6 heteroatoms. The van der Waals surface area contributed by atoms with Gasteiger partial charge in [-0.2, -0.15) is 0 Å². The molecule has 1 aliphatic heterocycles. The fourth-order valence-corrected chi connectivity index (χ4v) is 3.35. The van der Waals surface area contributed by atoms with E-state index in [-0.39, 0.29) is 30.5 Å². The molecule has 1 unspecified atom stereocenters. The summed E-state index contributed by atoms with van der Waals surface area (Å²) in [6, 6.07) is 12.0. The van der Waals surface area contributed by atoms with Gasteiger partial charge in [-0.15, -0.1) is 0 Å². The Morgan fingerprint density at radius 3 is 2.81 bits per heavy atom. The van der Waals surface area contributed by atoms with E-state index in [1.54, 1.807) is 25.3 Å². The average Bonchev–Trinajstić information content (AvgIpc) is 3.04. The Labute approximate surface area is 158 Å². The van der Waals surface area contributed by atoms with E-state index in [1.165, 1.54) is 11.0 Å². The van der Waals surface area contributed by atoms with Crippen LogP contribution < -0.4 is 15.0 Å². The van der Waals surface area contributed by atoms with Gasteiger partial charge in [0.1, 0.15) is 11.6 Å². The van der Waals surface area contributed by atoms with E-state index in [2.05, 4.69) is 5.32 Å². The molecule has 1 N–H and O–H groups in total. The number of nitrogens with zero attached hydrogens (tertiary/aromatic N) is 1. The van der Waals surface area contributed by atoms with Crippen LogP contribution in [0.1, 0.15) is 17.5 Å². The maximum Gasteiger partial charge on any atom is 0.227 e. The molecule has 1 aliphatic rings. The van der Waals surface area contributed by atoms with Crippen LogP contribution in [0.3, 0.4) is 0 Å². The number of halogens is 1. The van der Waals surface area contributed by atoms with Crippen molar-refractivity contribution < 1.29 is 18.7 Å². The lowest BCUT2D eigenvalue weighted by Crippen LogP contribution is -2.34. The van der Waals surface area contributed by atoms with E-state index in [0.717, 1.165) is 16.9 Å². The Bertz CT molecular complexity index is 853. The number of benzene rings is 2. The highest BCUT2D eigenvalue weighted by Crippen LogP contribution is 2.27. The van der Waals surface area contributed by atoms with Crippen molar-refractivity contribution in [3.8, 4) is 5.75 Å². The molecule has 1 saturated heterocycles. The molecule has 2 amide bonds. The maximum atomic E-state index is 13.9. The van der Waals surface area contributed by atoms with Crippen LogP contribution in [0.15, 0.2) is 42.5 Å². The van der Waals surface area contributed by atoms with Gasteiger partial charge in [-0.1, -0.05) is 29.8 Å². The molecule has 0 radical (unpaired) electrons. The standard InChI is InChI=1S/C21H23FN2O3/c1-14-7-8-19(27-2)15(11-14)9-10-23-21(26)16-12-20(25)24(13-16)18-6-4-3-5-17(18)22/h3-8,11,16H,9-10,12-13H2,1-2H3,(H,23,26). The molecule has 0 saturated carbocycles. The van der Waals surface area contributed by atoms with Crippen LogP contribution in [0.4, 0.5) is 10.1 Å². The number of hydrogen-bond acceptors (Lipinski definition) is 3. The van der Waals surface area contributed by atoms with Crippen molar-refractivity contribution in [2.75, 3.05) is 25.1 Å². The Morgan fingerprint density at radius 1 is 1.30 bits per heavy atom. The topological polar surface area (TPSA) is 58.6 Å². The molecule has 142 valence electrons. The fraction of sp³-hybridized carbons (Fsp3) is 0.333. The van der Waals surface area contributed by atoms with E-state index in [4.69, 9.17) is 4.74 Å². The quantitative estimate of drug-likeness (QED) is 0.851. The summed E-state index contributed by atoms with van der Waals surface area (Å²) in [6.45, 7) is 2.64. The first-order chi connectivity index (χ1) is 13.0. The molecule has 0 spiro atoms. The number of rotatable bonds is 6. The van der Waals surface area contributed by atoms with Crippen molar-refractivity contribution in [1.29, 1.82) is 0 Å². The molecule has 2 aromatic rings. The van der Waals surface area contributed by atoms with Crippen molar-refractivity contribution >= 4 is 17.5 Å². The van der Waals surface area contributed by atoms with Crippen LogP contribution in [-0.4, -0.2) is 32.0 Å². The van der Waals surface area contributed by atoms with Crippen LogP contribution in [-0.2, 0) is 16.0 Å². The van der Waals surface area contributed by atoms with Gasteiger partial charge in [0.15, 0.2) is 0 Å². The highest BCUT2D eigenvalue weighted by atomic mass is 19.1. The number of hydrogen-bond donors (Lipinski definition) is 1. The van der Waals surface area contributed by atoms with Crippen LogP contribution >= 0.6 is 0 Å². The molecule has 0 aromatic heterocycles. The SMILES string of the molecule is COc1ccc(C)cc1CCNC(=O)C1CC(=O)N(c2ccccc2F)C1. The molecule has 3 rings (SSSR count). The molecule has 5 nitrogen and oxygen atoms in total. The largest absolute Gasteiger partial charge is 0.496 e. The second-order valence-electron chi connectivity index (χ2n) is 6.71. The minimum Gasteiger partial charge on any atom is -0.496 e. The van der Waals surface area contributed by atoms with Gasteiger partial charge in [0.2, 0.25) is 11.8 Å². The van der Waals surface area contributed by atoms with Gasteiger partial charge >= 0.3 is 0 Å². The number of anilines is 1. The monoisotopic (exact) mass is 370 g/mol. The Hall–Kier alpha value is -2.89. The maximum absolute atomic E-state index is 13.9. The number of ether oxygens (including phenoxy) is 1. The average molecular weight is 370 g/mol. The predicted molar refractivity (Wildman–Crippen MR) is 101 cm³/mol. The summed E-state index contributed by atoms with van der Waals surface area (Å²) in [5, 5.41) is 2.88. The molecule has 1 atom stereocenters. The van der Waals surface area contributed by atoms with Crippen LogP contribution in [0.25, 0.3) is 0 Å². The number of carbonyl (C=O) groups excluding carboxylic acids is 2.